The molecule has 0 saturated carbocycles. The largest absolute Gasteiger partial charge is 0.507 e. The molecule has 2 heterocycles. The van der Waals surface area contributed by atoms with Gasteiger partial charge in [0.1, 0.15) is 23.1 Å². The lowest BCUT2D eigenvalue weighted by Gasteiger charge is -2.38. The summed E-state index contributed by atoms with van der Waals surface area (Å²) in [5.41, 5.74) is 5.62. The number of carbonyl (C=O) groups excluding carboxylic acids is 2. The number of rotatable bonds is 3. The third-order valence-corrected chi connectivity index (χ3v) is 8.17. The molecule has 1 saturated heterocycles. The number of aromatic hydroxyl groups is 1. The monoisotopic (exact) mass is 510 g/mol. The zero-order valence-corrected chi connectivity index (χ0v) is 21.4. The Kier molecular flexibility index (Phi) is 5.08. The average molecular weight is 511 g/mol. The van der Waals surface area contributed by atoms with Crippen LogP contribution in [0.5, 0.6) is 11.5 Å². The van der Waals surface area contributed by atoms with Crippen molar-refractivity contribution < 1.29 is 29.3 Å². The molecule has 1 fully saturated rings. The van der Waals surface area contributed by atoms with E-state index in [0.717, 1.165) is 0 Å². The highest BCUT2D eigenvalue weighted by Crippen LogP contribution is 2.68. The van der Waals surface area contributed by atoms with Crippen LogP contribution in [-0.2, 0) is 16.9 Å². The fourth-order valence-electron chi connectivity index (χ4n) is 6.45. The van der Waals surface area contributed by atoms with Crippen LogP contribution < -0.4 is 15.8 Å². The Bertz CT molecular complexity index is 1630. The van der Waals surface area contributed by atoms with Gasteiger partial charge >= 0.3 is 0 Å². The number of aryl methyl sites for hydroxylation is 1. The van der Waals surface area contributed by atoms with Gasteiger partial charge in [0.25, 0.3) is 0 Å². The minimum atomic E-state index is -1.37. The van der Waals surface area contributed by atoms with Crippen molar-refractivity contribution in [2.24, 2.45) is 11.7 Å². The molecule has 2 aromatic rings. The summed E-state index contributed by atoms with van der Waals surface area (Å²) in [4.78, 5) is 28.1. The molecule has 6 rings (SSSR count). The number of hydrogen-bond acceptors (Lipinski definition) is 8. The Morgan fingerprint density at radius 1 is 1.13 bits per heavy atom. The summed E-state index contributed by atoms with van der Waals surface area (Å²) < 4.78 is 12.0. The van der Waals surface area contributed by atoms with Crippen LogP contribution in [0.3, 0.4) is 0 Å². The number of nitrogens with two attached hydrogens (primary N) is 1. The fourth-order valence-corrected chi connectivity index (χ4v) is 6.45. The van der Waals surface area contributed by atoms with E-state index in [-0.39, 0.29) is 40.5 Å². The second kappa shape index (κ2) is 7.96. The van der Waals surface area contributed by atoms with Gasteiger partial charge in [0, 0.05) is 23.2 Å². The molecule has 8 heteroatoms. The number of anilines is 1. The normalized spacial score (nSPS) is 28.3. The van der Waals surface area contributed by atoms with Crippen LogP contribution >= 0.6 is 0 Å². The van der Waals surface area contributed by atoms with Gasteiger partial charge in [-0.05, 0) is 42.7 Å². The Balaban J connectivity index is 1.67. The van der Waals surface area contributed by atoms with Crippen molar-refractivity contribution in [3.05, 3.63) is 63.2 Å². The van der Waals surface area contributed by atoms with Crippen molar-refractivity contribution in [1.29, 1.82) is 0 Å². The molecule has 0 unspecified atom stereocenters. The maximum absolute atomic E-state index is 14.1. The molecule has 192 valence electrons. The van der Waals surface area contributed by atoms with E-state index in [1.165, 1.54) is 13.2 Å². The maximum Gasteiger partial charge on any atom is 0.202 e. The van der Waals surface area contributed by atoms with Gasteiger partial charge < -0.3 is 30.7 Å². The highest BCUT2D eigenvalue weighted by Gasteiger charge is 2.81. The van der Waals surface area contributed by atoms with E-state index in [1.807, 2.05) is 13.8 Å². The second-order valence-corrected chi connectivity index (χ2v) is 10.2. The number of hydrogen-bond donors (Lipinski definition) is 4. The SMILES string of the molecule is COc1c(CN)c(C)cc2c1C(=O)c1c(O)cc3c(c1C2=O)N[C@H]1C#C/C=C\C#C[C@H](O)[C@@]32O[C@@]12C(C)C. The van der Waals surface area contributed by atoms with E-state index >= 15 is 0 Å². The first kappa shape index (κ1) is 24.3. The van der Waals surface area contributed by atoms with Crippen LogP contribution in [0.2, 0.25) is 0 Å². The number of epoxide rings is 1. The zero-order valence-electron chi connectivity index (χ0n) is 21.4. The molecular formula is C30H26N2O6. The first-order valence-corrected chi connectivity index (χ1v) is 12.4. The summed E-state index contributed by atoms with van der Waals surface area (Å²) in [5.74, 6) is 10.4. The molecule has 2 bridgehead atoms. The number of methoxy groups -OCH3 is 1. The van der Waals surface area contributed by atoms with E-state index in [9.17, 15) is 19.8 Å². The summed E-state index contributed by atoms with van der Waals surface area (Å²) in [6, 6.07) is 2.38. The van der Waals surface area contributed by atoms with Gasteiger partial charge in [0.2, 0.25) is 5.78 Å². The lowest BCUT2D eigenvalue weighted by molar-refractivity contribution is 0.0972. The van der Waals surface area contributed by atoms with Crippen LogP contribution in [0.15, 0.2) is 24.3 Å². The molecule has 0 spiro atoms. The second-order valence-electron chi connectivity index (χ2n) is 10.2. The Morgan fingerprint density at radius 3 is 2.50 bits per heavy atom. The van der Waals surface area contributed by atoms with Gasteiger partial charge in [-0.25, -0.2) is 0 Å². The molecule has 0 aromatic heterocycles. The van der Waals surface area contributed by atoms with Gasteiger partial charge in [-0.1, -0.05) is 37.5 Å². The van der Waals surface area contributed by atoms with Gasteiger partial charge in [0.15, 0.2) is 17.5 Å². The van der Waals surface area contributed by atoms with Crippen molar-refractivity contribution in [2.45, 2.75) is 50.7 Å². The molecule has 2 aliphatic heterocycles. The molecule has 2 aliphatic carbocycles. The molecule has 4 atom stereocenters. The van der Waals surface area contributed by atoms with E-state index in [0.29, 0.717) is 22.4 Å². The zero-order chi connectivity index (χ0) is 27.1. The topological polar surface area (TPSA) is 134 Å². The number of allylic oxidation sites excluding steroid dienone is 2. The summed E-state index contributed by atoms with van der Waals surface area (Å²) in [7, 11) is 1.42. The van der Waals surface area contributed by atoms with E-state index in [4.69, 9.17) is 15.2 Å². The number of phenols is 1. The van der Waals surface area contributed by atoms with E-state index in [1.54, 1.807) is 25.1 Å². The van der Waals surface area contributed by atoms with Crippen LogP contribution in [0.1, 0.15) is 62.4 Å². The molecule has 8 nitrogen and oxygen atoms in total. The van der Waals surface area contributed by atoms with Crippen LogP contribution in [0.25, 0.3) is 0 Å². The number of fused-ring (bicyclic) bond motifs is 4. The highest BCUT2D eigenvalue weighted by molar-refractivity contribution is 6.32. The molecular weight excluding hydrogens is 484 g/mol. The summed E-state index contributed by atoms with van der Waals surface area (Å²) in [6.07, 6.45) is 1.84. The number of nitrogens with one attached hydrogen (secondary N) is 1. The smallest absolute Gasteiger partial charge is 0.202 e. The van der Waals surface area contributed by atoms with Crippen LogP contribution in [0, 0.1) is 36.5 Å². The summed E-state index contributed by atoms with van der Waals surface area (Å²) >= 11 is 0. The van der Waals surface area contributed by atoms with E-state index < -0.39 is 40.7 Å². The Hall–Kier alpha value is -4.08. The highest BCUT2D eigenvalue weighted by atomic mass is 16.6. The predicted molar refractivity (Wildman–Crippen MR) is 139 cm³/mol. The Labute approximate surface area is 219 Å². The predicted octanol–water partition coefficient (Wildman–Crippen LogP) is 2.30. The van der Waals surface area contributed by atoms with Crippen LogP contribution in [0.4, 0.5) is 5.69 Å². The molecule has 4 aliphatic rings. The number of ether oxygens (including phenoxy) is 2. The van der Waals surface area contributed by atoms with Crippen molar-refractivity contribution in [2.75, 3.05) is 12.4 Å². The van der Waals surface area contributed by atoms with Crippen molar-refractivity contribution in [3.8, 4) is 35.2 Å². The number of aliphatic hydroxyl groups excluding tert-OH is 1. The molecule has 0 amide bonds. The summed E-state index contributed by atoms with van der Waals surface area (Å²) in [5, 5.41) is 26.0. The molecule has 2 aromatic carbocycles. The van der Waals surface area contributed by atoms with E-state index in [2.05, 4.69) is 29.0 Å². The van der Waals surface area contributed by atoms with Crippen molar-refractivity contribution in [3.63, 3.8) is 0 Å². The third kappa shape index (κ3) is 2.72. The van der Waals surface area contributed by atoms with Gasteiger partial charge in [-0.2, -0.15) is 0 Å². The van der Waals surface area contributed by atoms with Gasteiger partial charge in [-0.15, -0.1) is 0 Å². The summed E-state index contributed by atoms with van der Waals surface area (Å²) in [6.45, 7) is 5.82. The maximum atomic E-state index is 14.1. The lowest BCUT2D eigenvalue weighted by Crippen LogP contribution is -2.52. The van der Waals surface area contributed by atoms with Crippen molar-refractivity contribution in [1.82, 2.24) is 0 Å². The quantitative estimate of drug-likeness (QED) is 0.240. The molecule has 0 radical (unpaired) electrons. The number of ketones is 2. The average Bonchev–Trinajstić information content (AvgIpc) is 3.62. The minimum absolute atomic E-state index is 0.00578. The minimum Gasteiger partial charge on any atom is -0.507 e. The van der Waals surface area contributed by atoms with Gasteiger partial charge in [-0.3, -0.25) is 9.59 Å². The first-order valence-electron chi connectivity index (χ1n) is 12.4. The lowest BCUT2D eigenvalue weighted by atomic mass is 9.67. The third-order valence-electron chi connectivity index (χ3n) is 8.17. The standard InChI is InChI=1S/C30H26N2O6/c1-14(2)29-20-9-7-5-6-8-10-21(34)30(29,38-29)18-12-19(33)23-24(25(18)32-20)26(35)16-11-15(3)17(13-31)28(37-4)22(16)27(23)36/h5-6,11-12,14,20-21,32-34H,13,31H2,1-4H3/b6-5-/t20-,21-,29-,30-/m0/s1. The Morgan fingerprint density at radius 2 is 1.84 bits per heavy atom. The van der Waals surface area contributed by atoms with Crippen molar-refractivity contribution >= 4 is 17.3 Å². The number of benzene rings is 2. The number of carbonyl (C=O) groups is 2. The van der Waals surface area contributed by atoms with Crippen LogP contribution in [-0.4, -0.2) is 46.6 Å². The van der Waals surface area contributed by atoms with Gasteiger partial charge in [0.05, 0.1) is 29.5 Å². The molecule has 5 N–H and O–H groups in total. The number of phenolic OH excluding ortho intramolecular Hbond substituents is 1. The first-order chi connectivity index (χ1) is 18.1. The molecule has 38 heavy (non-hydrogen) atoms. The number of aliphatic hydroxyl groups is 1. The fraction of sp³-hybridized carbons (Fsp3) is 0.333.